The second kappa shape index (κ2) is 8.79. The molecule has 8 heteroatoms. The minimum atomic E-state index is -0.550. The molecule has 0 spiro atoms. The first-order valence-electron chi connectivity index (χ1n) is 8.16. The van der Waals surface area contributed by atoms with Gasteiger partial charge < -0.3 is 10.6 Å². The molecule has 1 amide bonds. The minimum absolute atomic E-state index is 0.290. The fourth-order valence-electron chi connectivity index (χ4n) is 2.20. The maximum absolute atomic E-state index is 12.0. The highest BCUT2D eigenvalue weighted by Crippen LogP contribution is 2.19. The molecule has 0 saturated heterocycles. The zero-order valence-corrected chi connectivity index (χ0v) is 15.3. The molecule has 0 aliphatic heterocycles. The number of hydrogen-bond donors (Lipinski definition) is 2. The molecular formula is C20H15ClN4O3. The second-order valence-corrected chi connectivity index (χ2v) is 6.07. The molecule has 0 atom stereocenters. The predicted octanol–water partition coefficient (Wildman–Crippen LogP) is 5.03. The average molecular weight is 395 g/mol. The maximum Gasteiger partial charge on any atom is 0.362 e. The number of para-hydroxylation sites is 1. The molecule has 0 unspecified atom stereocenters. The summed E-state index contributed by atoms with van der Waals surface area (Å²) in [4.78, 5) is 29.0. The van der Waals surface area contributed by atoms with Crippen molar-refractivity contribution in [1.82, 2.24) is 0 Å². The quantitative estimate of drug-likeness (QED) is 0.358. The van der Waals surface area contributed by atoms with Gasteiger partial charge in [0.1, 0.15) is 0 Å². The van der Waals surface area contributed by atoms with E-state index in [1.54, 1.807) is 72.8 Å². The smallest absolute Gasteiger partial charge is 0.362 e. The summed E-state index contributed by atoms with van der Waals surface area (Å²) in [5.74, 6) is -1.08. The minimum Gasteiger partial charge on any atom is -0.398 e. The fraction of sp³-hybridized carbons (Fsp3) is 0. The van der Waals surface area contributed by atoms with Crippen LogP contribution in [0.2, 0.25) is 5.02 Å². The van der Waals surface area contributed by atoms with Crippen LogP contribution in [0.5, 0.6) is 0 Å². The van der Waals surface area contributed by atoms with Gasteiger partial charge in [0.2, 0.25) is 0 Å². The number of anilines is 2. The Labute approximate surface area is 165 Å². The van der Waals surface area contributed by atoms with Crippen molar-refractivity contribution < 1.29 is 14.4 Å². The van der Waals surface area contributed by atoms with E-state index in [1.165, 1.54) is 0 Å². The lowest BCUT2D eigenvalue weighted by molar-refractivity contribution is 0.0596. The number of carbonyl (C=O) groups is 2. The summed E-state index contributed by atoms with van der Waals surface area (Å²) in [5.41, 5.74) is 10.3. The third kappa shape index (κ3) is 4.93. The summed E-state index contributed by atoms with van der Waals surface area (Å²) in [6.45, 7) is 0. The Morgan fingerprint density at radius 3 is 2.29 bits per heavy atom. The van der Waals surface area contributed by atoms with Crippen molar-refractivity contribution in [3.05, 3.63) is 88.9 Å². The summed E-state index contributed by atoms with van der Waals surface area (Å²) < 4.78 is 0. The molecule has 3 rings (SSSR count). The van der Waals surface area contributed by atoms with Gasteiger partial charge in [0.05, 0.1) is 22.5 Å². The van der Waals surface area contributed by atoms with Gasteiger partial charge >= 0.3 is 5.97 Å². The zero-order chi connectivity index (χ0) is 19.9. The SMILES string of the molecule is Nc1ccccc1C(=O)N=Nc1ccc(NOC(=O)c2ccc(Cl)cc2)cc1. The van der Waals surface area contributed by atoms with Gasteiger partial charge in [-0.25, -0.2) is 10.3 Å². The van der Waals surface area contributed by atoms with E-state index < -0.39 is 11.9 Å². The van der Waals surface area contributed by atoms with Gasteiger partial charge in [-0.1, -0.05) is 23.7 Å². The number of carbonyl (C=O) groups excluding carboxylic acids is 2. The molecular weight excluding hydrogens is 380 g/mol. The van der Waals surface area contributed by atoms with Crippen LogP contribution in [0.25, 0.3) is 0 Å². The Morgan fingerprint density at radius 2 is 1.61 bits per heavy atom. The van der Waals surface area contributed by atoms with E-state index in [1.807, 2.05) is 0 Å². The molecule has 3 aromatic rings. The molecule has 140 valence electrons. The molecule has 0 aliphatic rings. The Balaban J connectivity index is 1.57. The molecule has 3 N–H and O–H groups in total. The molecule has 0 bridgehead atoms. The molecule has 0 heterocycles. The zero-order valence-electron chi connectivity index (χ0n) is 14.5. The number of halogens is 1. The lowest BCUT2D eigenvalue weighted by Gasteiger charge is -2.07. The van der Waals surface area contributed by atoms with Gasteiger partial charge in [-0.3, -0.25) is 4.79 Å². The lowest BCUT2D eigenvalue weighted by Crippen LogP contribution is -2.10. The van der Waals surface area contributed by atoms with Gasteiger partial charge in [-0.05, 0) is 60.7 Å². The Bertz CT molecular complexity index is 1020. The van der Waals surface area contributed by atoms with Crippen LogP contribution in [-0.4, -0.2) is 11.9 Å². The number of benzene rings is 3. The van der Waals surface area contributed by atoms with E-state index in [-0.39, 0.29) is 0 Å². The van der Waals surface area contributed by atoms with Crippen LogP contribution in [0.1, 0.15) is 20.7 Å². The molecule has 7 nitrogen and oxygen atoms in total. The third-order valence-electron chi connectivity index (χ3n) is 3.66. The van der Waals surface area contributed by atoms with E-state index in [9.17, 15) is 9.59 Å². The number of amides is 1. The van der Waals surface area contributed by atoms with Crippen LogP contribution in [0.15, 0.2) is 83.0 Å². The van der Waals surface area contributed by atoms with Gasteiger partial charge in [-0.15, -0.1) is 10.2 Å². The second-order valence-electron chi connectivity index (χ2n) is 5.64. The van der Waals surface area contributed by atoms with Gasteiger partial charge in [0, 0.05) is 10.7 Å². The number of azo groups is 1. The van der Waals surface area contributed by atoms with Crippen molar-refractivity contribution >= 4 is 40.5 Å². The van der Waals surface area contributed by atoms with E-state index in [2.05, 4.69) is 15.7 Å². The molecule has 3 aromatic carbocycles. The first-order valence-corrected chi connectivity index (χ1v) is 8.54. The summed E-state index contributed by atoms with van der Waals surface area (Å²) >= 11 is 5.78. The third-order valence-corrected chi connectivity index (χ3v) is 3.91. The molecule has 0 fully saturated rings. The van der Waals surface area contributed by atoms with Crippen molar-refractivity contribution in [3.8, 4) is 0 Å². The van der Waals surface area contributed by atoms with E-state index in [0.717, 1.165) is 0 Å². The Morgan fingerprint density at radius 1 is 0.929 bits per heavy atom. The van der Waals surface area contributed by atoms with Crippen LogP contribution >= 0.6 is 11.6 Å². The highest BCUT2D eigenvalue weighted by Gasteiger charge is 2.08. The molecule has 28 heavy (non-hydrogen) atoms. The van der Waals surface area contributed by atoms with Crippen LogP contribution in [0.3, 0.4) is 0 Å². The Kier molecular flexibility index (Phi) is 5.98. The summed E-state index contributed by atoms with van der Waals surface area (Å²) in [6, 6.07) is 19.4. The lowest BCUT2D eigenvalue weighted by atomic mass is 10.2. The van der Waals surface area contributed by atoms with Crippen LogP contribution in [0.4, 0.5) is 17.1 Å². The summed E-state index contributed by atoms with van der Waals surface area (Å²) in [6.07, 6.45) is 0. The largest absolute Gasteiger partial charge is 0.398 e. The Hall–Kier alpha value is -3.71. The highest BCUT2D eigenvalue weighted by atomic mass is 35.5. The number of rotatable bonds is 5. The predicted molar refractivity (Wildman–Crippen MR) is 107 cm³/mol. The van der Waals surface area contributed by atoms with E-state index >= 15 is 0 Å². The van der Waals surface area contributed by atoms with Gasteiger partial charge in [0.25, 0.3) is 5.91 Å². The standard InChI is InChI=1S/C20H15ClN4O3/c21-14-7-5-13(6-8-14)20(27)28-25-16-11-9-15(10-12-16)23-24-19(26)17-3-1-2-4-18(17)22/h1-12,25H,22H2. The normalized spacial score (nSPS) is 10.6. The first kappa shape index (κ1) is 19.1. The van der Waals surface area contributed by atoms with E-state index in [4.69, 9.17) is 22.2 Å². The highest BCUT2D eigenvalue weighted by molar-refractivity contribution is 6.30. The summed E-state index contributed by atoms with van der Waals surface area (Å²) in [7, 11) is 0. The van der Waals surface area contributed by atoms with Crippen molar-refractivity contribution in [2.45, 2.75) is 0 Å². The number of nitrogens with one attached hydrogen (secondary N) is 1. The van der Waals surface area contributed by atoms with Crippen LogP contribution in [0, 0.1) is 0 Å². The van der Waals surface area contributed by atoms with Crippen LogP contribution in [-0.2, 0) is 4.84 Å². The number of nitrogen functional groups attached to an aromatic ring is 1. The molecule has 0 aromatic heterocycles. The number of hydrogen-bond acceptors (Lipinski definition) is 6. The van der Waals surface area contributed by atoms with Gasteiger partial charge in [0.15, 0.2) is 0 Å². The maximum atomic E-state index is 12.0. The van der Waals surface area contributed by atoms with Crippen molar-refractivity contribution in [1.29, 1.82) is 0 Å². The van der Waals surface area contributed by atoms with Crippen molar-refractivity contribution in [3.63, 3.8) is 0 Å². The topological polar surface area (TPSA) is 106 Å². The summed E-state index contributed by atoms with van der Waals surface area (Å²) in [5, 5.41) is 8.08. The van der Waals surface area contributed by atoms with E-state index in [0.29, 0.717) is 33.2 Å². The average Bonchev–Trinajstić information content (AvgIpc) is 2.72. The number of nitrogens with zero attached hydrogens (tertiary/aromatic N) is 2. The van der Waals surface area contributed by atoms with Crippen molar-refractivity contribution in [2.24, 2.45) is 10.2 Å². The molecule has 0 saturated carbocycles. The van der Waals surface area contributed by atoms with Crippen molar-refractivity contribution in [2.75, 3.05) is 11.2 Å². The number of nitrogens with two attached hydrogens (primary N) is 1. The van der Waals surface area contributed by atoms with Gasteiger partial charge in [-0.2, -0.15) is 0 Å². The first-order chi connectivity index (χ1) is 13.5. The fourth-order valence-corrected chi connectivity index (χ4v) is 2.32. The molecule has 0 radical (unpaired) electrons. The molecule has 0 aliphatic carbocycles. The van der Waals surface area contributed by atoms with Crippen LogP contribution < -0.4 is 11.2 Å². The monoisotopic (exact) mass is 394 g/mol.